The maximum Gasteiger partial charge on any atom is 0.0973 e. The molecule has 0 spiro atoms. The van der Waals surface area contributed by atoms with Crippen molar-refractivity contribution in [2.24, 2.45) is 0 Å². The maximum absolute atomic E-state index is 5.16. The standard InChI is InChI=1S/C63H44N4/c1-43-21-23-44(24-22-43)45-25-27-46(28-26-45)50-33-39-60-56(41-50)57-42-51(34-40-61(57)67(60)53-17-9-4-10-18-53)47-29-35-54(36-30-47)66(52-15-7-3-8-16-52)55-37-31-49(32-38-55)63-62(48-13-5-2-6-14-48)64-58-19-11-12-20-59(58)65-63/h2-42H,1H3. The predicted octanol–water partition coefficient (Wildman–Crippen LogP) is 16.8. The first-order valence-electron chi connectivity index (χ1n) is 22.8. The SMILES string of the molecule is Cc1ccc(-c2ccc(-c3ccc4c(c3)c3cc(-c5ccc(N(c6ccccc6)c6ccc(-c7nc8ccccc8nc7-c7ccccc7)cc6)cc5)ccc3n4-c3ccccc3)cc2)cc1. The summed E-state index contributed by atoms with van der Waals surface area (Å²) in [5.41, 5.74) is 20.7. The van der Waals surface area contributed by atoms with Crippen molar-refractivity contribution in [2.75, 3.05) is 4.90 Å². The zero-order chi connectivity index (χ0) is 44.7. The third-order valence-electron chi connectivity index (χ3n) is 12.9. The summed E-state index contributed by atoms with van der Waals surface area (Å²) in [6.07, 6.45) is 0. The van der Waals surface area contributed by atoms with Crippen LogP contribution < -0.4 is 4.90 Å². The first kappa shape index (κ1) is 39.7. The van der Waals surface area contributed by atoms with E-state index in [1.807, 2.05) is 42.5 Å². The molecular weight excluding hydrogens is 813 g/mol. The lowest BCUT2D eigenvalue weighted by atomic mass is 9.98. The molecule has 67 heavy (non-hydrogen) atoms. The summed E-state index contributed by atoms with van der Waals surface area (Å²) < 4.78 is 2.39. The molecule has 0 aliphatic rings. The third kappa shape index (κ3) is 7.51. The molecular formula is C63H44N4. The van der Waals surface area contributed by atoms with Gasteiger partial charge < -0.3 is 9.47 Å². The Bertz CT molecular complexity index is 3690. The lowest BCUT2D eigenvalue weighted by Crippen LogP contribution is -2.09. The topological polar surface area (TPSA) is 34.0 Å². The highest BCUT2D eigenvalue weighted by Crippen LogP contribution is 2.41. The van der Waals surface area contributed by atoms with Crippen molar-refractivity contribution in [1.29, 1.82) is 0 Å². The number of benzene rings is 10. The van der Waals surface area contributed by atoms with E-state index in [2.05, 4.69) is 223 Å². The summed E-state index contributed by atoms with van der Waals surface area (Å²) >= 11 is 0. The zero-order valence-corrected chi connectivity index (χ0v) is 37.0. The largest absolute Gasteiger partial charge is 0.311 e. The molecule has 0 N–H and O–H groups in total. The van der Waals surface area contributed by atoms with E-state index >= 15 is 0 Å². The van der Waals surface area contributed by atoms with E-state index in [1.165, 1.54) is 55.2 Å². The molecule has 0 atom stereocenters. The van der Waals surface area contributed by atoms with Crippen LogP contribution in [0.3, 0.4) is 0 Å². The minimum Gasteiger partial charge on any atom is -0.311 e. The molecule has 0 fully saturated rings. The van der Waals surface area contributed by atoms with Gasteiger partial charge in [0, 0.05) is 44.6 Å². The Balaban J connectivity index is 0.907. The number of fused-ring (bicyclic) bond motifs is 4. The monoisotopic (exact) mass is 856 g/mol. The molecule has 12 aromatic rings. The molecule has 4 nitrogen and oxygen atoms in total. The Morgan fingerprint density at radius 1 is 0.313 bits per heavy atom. The van der Waals surface area contributed by atoms with E-state index in [4.69, 9.17) is 9.97 Å². The second-order valence-corrected chi connectivity index (χ2v) is 17.1. The van der Waals surface area contributed by atoms with Crippen LogP contribution in [-0.4, -0.2) is 14.5 Å². The van der Waals surface area contributed by atoms with Gasteiger partial charge in [0.2, 0.25) is 0 Å². The number of nitrogens with zero attached hydrogens (tertiary/aromatic N) is 4. The lowest BCUT2D eigenvalue weighted by Gasteiger charge is -2.26. The summed E-state index contributed by atoms with van der Waals surface area (Å²) in [4.78, 5) is 12.6. The van der Waals surface area contributed by atoms with E-state index in [9.17, 15) is 0 Å². The van der Waals surface area contributed by atoms with Gasteiger partial charge in [-0.25, -0.2) is 9.97 Å². The minimum atomic E-state index is 0.861. The maximum atomic E-state index is 5.16. The number of para-hydroxylation sites is 4. The van der Waals surface area contributed by atoms with Crippen molar-refractivity contribution in [3.8, 4) is 61.6 Å². The first-order valence-corrected chi connectivity index (χ1v) is 22.8. The summed E-state index contributed by atoms with van der Waals surface area (Å²) in [6, 6.07) is 88.8. The van der Waals surface area contributed by atoms with Gasteiger partial charge in [-0.1, -0.05) is 169 Å². The molecule has 0 saturated heterocycles. The van der Waals surface area contributed by atoms with Crippen molar-refractivity contribution in [3.63, 3.8) is 0 Å². The Morgan fingerprint density at radius 3 is 1.18 bits per heavy atom. The molecule has 4 heteroatoms. The van der Waals surface area contributed by atoms with Crippen molar-refractivity contribution in [2.45, 2.75) is 6.92 Å². The number of aromatic nitrogens is 3. The van der Waals surface area contributed by atoms with Crippen molar-refractivity contribution in [1.82, 2.24) is 14.5 Å². The Morgan fingerprint density at radius 2 is 0.672 bits per heavy atom. The lowest BCUT2D eigenvalue weighted by molar-refractivity contribution is 1.18. The molecule has 12 rings (SSSR count). The molecule has 0 aliphatic carbocycles. The van der Waals surface area contributed by atoms with Crippen molar-refractivity contribution >= 4 is 49.9 Å². The molecule has 2 heterocycles. The highest BCUT2D eigenvalue weighted by molar-refractivity contribution is 6.11. The summed E-state index contributed by atoms with van der Waals surface area (Å²) in [7, 11) is 0. The minimum absolute atomic E-state index is 0.861. The smallest absolute Gasteiger partial charge is 0.0973 e. The molecule has 0 saturated carbocycles. The average molecular weight is 857 g/mol. The molecule has 0 aliphatic heterocycles. The molecule has 0 amide bonds. The molecule has 316 valence electrons. The van der Waals surface area contributed by atoms with Crippen LogP contribution in [0.1, 0.15) is 5.56 Å². The second kappa shape index (κ2) is 16.9. The summed E-state index contributed by atoms with van der Waals surface area (Å²) in [5, 5.41) is 2.44. The predicted molar refractivity (Wildman–Crippen MR) is 280 cm³/mol. The number of anilines is 3. The molecule has 0 radical (unpaired) electrons. The number of hydrogen-bond acceptors (Lipinski definition) is 3. The summed E-state index contributed by atoms with van der Waals surface area (Å²) in [5.74, 6) is 0. The van der Waals surface area contributed by atoms with Gasteiger partial charge >= 0.3 is 0 Å². The van der Waals surface area contributed by atoms with Gasteiger partial charge in [0.1, 0.15) is 0 Å². The highest BCUT2D eigenvalue weighted by Gasteiger charge is 2.18. The van der Waals surface area contributed by atoms with E-state index in [0.29, 0.717) is 0 Å². The Labute approximate surface area is 390 Å². The fourth-order valence-electron chi connectivity index (χ4n) is 9.43. The van der Waals surface area contributed by atoms with Crippen LogP contribution in [0.25, 0.3) is 94.4 Å². The van der Waals surface area contributed by atoms with Gasteiger partial charge in [0.05, 0.1) is 33.5 Å². The van der Waals surface area contributed by atoms with Crippen LogP contribution in [0.4, 0.5) is 17.1 Å². The quantitative estimate of drug-likeness (QED) is 0.145. The number of hydrogen-bond donors (Lipinski definition) is 0. The highest BCUT2D eigenvalue weighted by atomic mass is 15.1. The fourth-order valence-corrected chi connectivity index (χ4v) is 9.43. The molecule has 10 aromatic carbocycles. The van der Waals surface area contributed by atoms with E-state index < -0.39 is 0 Å². The summed E-state index contributed by atoms with van der Waals surface area (Å²) in [6.45, 7) is 2.13. The molecule has 0 unspecified atom stereocenters. The molecule has 0 bridgehead atoms. The van der Waals surface area contributed by atoms with E-state index in [0.717, 1.165) is 61.9 Å². The van der Waals surface area contributed by atoms with Gasteiger partial charge in [-0.15, -0.1) is 0 Å². The average Bonchev–Trinajstić information content (AvgIpc) is 3.73. The van der Waals surface area contributed by atoms with Gasteiger partial charge in [-0.2, -0.15) is 0 Å². The second-order valence-electron chi connectivity index (χ2n) is 17.1. The third-order valence-corrected chi connectivity index (χ3v) is 12.9. The van der Waals surface area contributed by atoms with Gasteiger partial charge in [-0.3, -0.25) is 0 Å². The van der Waals surface area contributed by atoms with Crippen molar-refractivity contribution < 1.29 is 0 Å². The van der Waals surface area contributed by atoms with Crippen molar-refractivity contribution in [3.05, 3.63) is 254 Å². The van der Waals surface area contributed by atoms with Gasteiger partial charge in [0.15, 0.2) is 0 Å². The van der Waals surface area contributed by atoms with Crippen LogP contribution in [0.15, 0.2) is 249 Å². The number of rotatable bonds is 9. The Kier molecular flexibility index (Phi) is 10.0. The number of aryl methyl sites for hydroxylation is 1. The van der Waals surface area contributed by atoms with E-state index in [-0.39, 0.29) is 0 Å². The fraction of sp³-hybridized carbons (Fsp3) is 0.0159. The van der Waals surface area contributed by atoms with Gasteiger partial charge in [0.25, 0.3) is 0 Å². The van der Waals surface area contributed by atoms with Gasteiger partial charge in [-0.05, 0) is 125 Å². The zero-order valence-electron chi connectivity index (χ0n) is 37.0. The van der Waals surface area contributed by atoms with E-state index in [1.54, 1.807) is 0 Å². The van der Waals surface area contributed by atoms with Crippen LogP contribution in [0.2, 0.25) is 0 Å². The Hall–Kier alpha value is -8.86. The normalized spacial score (nSPS) is 11.4. The van der Waals surface area contributed by atoms with Crippen LogP contribution in [-0.2, 0) is 0 Å². The first-order chi connectivity index (χ1) is 33.1. The molecule has 2 aromatic heterocycles. The van der Waals surface area contributed by atoms with Crippen LogP contribution in [0, 0.1) is 6.92 Å². The van der Waals surface area contributed by atoms with Crippen LogP contribution >= 0.6 is 0 Å². The van der Waals surface area contributed by atoms with Crippen LogP contribution in [0.5, 0.6) is 0 Å².